The molecule has 0 bridgehead atoms. The molecule has 1 fully saturated rings. The fourth-order valence-electron chi connectivity index (χ4n) is 3.00. The lowest BCUT2D eigenvalue weighted by atomic mass is 9.97. The number of nitrogens with zero attached hydrogens (tertiary/aromatic N) is 3. The van der Waals surface area contributed by atoms with Gasteiger partial charge in [0.2, 0.25) is 5.91 Å². The largest absolute Gasteiger partial charge is 0.338 e. The third kappa shape index (κ3) is 3.62. The number of amides is 1. The molecule has 0 aliphatic carbocycles. The summed E-state index contributed by atoms with van der Waals surface area (Å²) in [7, 11) is 1.88. The Kier molecular flexibility index (Phi) is 4.89. The van der Waals surface area contributed by atoms with E-state index in [0.29, 0.717) is 16.9 Å². The third-order valence-electron chi connectivity index (χ3n) is 4.28. The molecule has 7 heteroatoms. The standard InChI is InChI=1S/C17H19FN4OS/c1-21-16(19-20-17(21)24)13-5-3-9-22(11-13)15(23)8-7-12-4-2-6-14(18)10-12/h2,4,6-8,10,13H,3,5,9,11H2,1H3,(H,20,24)/b8-7+. The van der Waals surface area contributed by atoms with Crippen LogP contribution in [-0.4, -0.2) is 38.7 Å². The first kappa shape index (κ1) is 16.6. The predicted octanol–water partition coefficient (Wildman–Crippen LogP) is 3.04. The minimum absolute atomic E-state index is 0.0688. The molecular formula is C17H19FN4OS. The molecule has 1 unspecified atom stereocenters. The topological polar surface area (TPSA) is 53.9 Å². The quantitative estimate of drug-likeness (QED) is 0.686. The van der Waals surface area contributed by atoms with Crippen molar-refractivity contribution in [3.05, 3.63) is 52.3 Å². The zero-order chi connectivity index (χ0) is 17.1. The molecule has 1 saturated heterocycles. The van der Waals surface area contributed by atoms with Gasteiger partial charge >= 0.3 is 0 Å². The van der Waals surface area contributed by atoms with E-state index in [-0.39, 0.29) is 17.6 Å². The Morgan fingerprint density at radius 2 is 2.33 bits per heavy atom. The average molecular weight is 346 g/mol. The van der Waals surface area contributed by atoms with Crippen LogP contribution in [0.25, 0.3) is 6.08 Å². The van der Waals surface area contributed by atoms with Crippen molar-refractivity contribution in [1.29, 1.82) is 0 Å². The third-order valence-corrected chi connectivity index (χ3v) is 4.64. The van der Waals surface area contributed by atoms with Crippen LogP contribution in [0.2, 0.25) is 0 Å². The van der Waals surface area contributed by atoms with Gasteiger partial charge in [0.05, 0.1) is 0 Å². The van der Waals surface area contributed by atoms with Gasteiger partial charge in [-0.15, -0.1) is 0 Å². The van der Waals surface area contributed by atoms with Crippen LogP contribution in [0.1, 0.15) is 30.1 Å². The molecular weight excluding hydrogens is 327 g/mol. The van der Waals surface area contributed by atoms with Crippen molar-refractivity contribution in [2.45, 2.75) is 18.8 Å². The highest BCUT2D eigenvalue weighted by molar-refractivity contribution is 7.71. The zero-order valence-electron chi connectivity index (χ0n) is 13.4. The Labute approximate surface area is 144 Å². The van der Waals surface area contributed by atoms with Gasteiger partial charge < -0.3 is 9.47 Å². The number of aromatic amines is 1. The number of benzene rings is 1. The summed E-state index contributed by atoms with van der Waals surface area (Å²) in [5.74, 6) is 0.670. The summed E-state index contributed by atoms with van der Waals surface area (Å²) in [6.07, 6.45) is 5.04. The van der Waals surface area contributed by atoms with E-state index in [2.05, 4.69) is 10.2 Å². The van der Waals surface area contributed by atoms with Gasteiger partial charge in [-0.25, -0.2) is 4.39 Å². The number of likely N-dealkylation sites (tertiary alicyclic amines) is 1. The average Bonchev–Trinajstić information content (AvgIpc) is 2.92. The number of H-pyrrole nitrogens is 1. The molecule has 2 aromatic rings. The normalized spacial score (nSPS) is 18.2. The maximum absolute atomic E-state index is 13.2. The van der Waals surface area contributed by atoms with Gasteiger partial charge in [-0.3, -0.25) is 9.89 Å². The smallest absolute Gasteiger partial charge is 0.246 e. The van der Waals surface area contributed by atoms with Crippen molar-refractivity contribution in [3.8, 4) is 0 Å². The molecule has 1 aliphatic heterocycles. The Morgan fingerprint density at radius 3 is 3.04 bits per heavy atom. The van der Waals surface area contributed by atoms with Crippen molar-refractivity contribution in [1.82, 2.24) is 19.7 Å². The Balaban J connectivity index is 1.69. The van der Waals surface area contributed by atoms with Crippen molar-refractivity contribution in [2.24, 2.45) is 7.05 Å². The first-order valence-electron chi connectivity index (χ1n) is 7.88. The van der Waals surface area contributed by atoms with E-state index in [9.17, 15) is 9.18 Å². The molecule has 0 saturated carbocycles. The minimum Gasteiger partial charge on any atom is -0.338 e. The molecule has 24 heavy (non-hydrogen) atoms. The van der Waals surface area contributed by atoms with Crippen LogP contribution in [0, 0.1) is 10.6 Å². The van der Waals surface area contributed by atoms with Crippen LogP contribution in [0.5, 0.6) is 0 Å². The molecule has 5 nitrogen and oxygen atoms in total. The highest BCUT2D eigenvalue weighted by Gasteiger charge is 2.26. The van der Waals surface area contributed by atoms with Crippen LogP contribution in [0.3, 0.4) is 0 Å². The second-order valence-corrected chi connectivity index (χ2v) is 6.34. The number of aromatic nitrogens is 3. The van der Waals surface area contributed by atoms with Gasteiger partial charge in [0.15, 0.2) is 4.77 Å². The van der Waals surface area contributed by atoms with E-state index in [4.69, 9.17) is 12.2 Å². The van der Waals surface area contributed by atoms with Gasteiger partial charge in [-0.05, 0) is 48.8 Å². The van der Waals surface area contributed by atoms with Crippen molar-refractivity contribution >= 4 is 24.2 Å². The summed E-state index contributed by atoms with van der Waals surface area (Å²) in [5, 5.41) is 7.08. The first-order chi connectivity index (χ1) is 11.5. The van der Waals surface area contributed by atoms with Crippen molar-refractivity contribution in [3.63, 3.8) is 0 Å². The Morgan fingerprint density at radius 1 is 1.50 bits per heavy atom. The van der Waals surface area contributed by atoms with Gasteiger partial charge in [0.1, 0.15) is 11.6 Å². The molecule has 0 radical (unpaired) electrons. The molecule has 1 amide bonds. The molecule has 3 rings (SSSR count). The predicted molar refractivity (Wildman–Crippen MR) is 92.4 cm³/mol. The van der Waals surface area contributed by atoms with E-state index in [1.165, 1.54) is 18.2 Å². The lowest BCUT2D eigenvalue weighted by molar-refractivity contribution is -0.127. The summed E-state index contributed by atoms with van der Waals surface area (Å²) < 4.78 is 15.6. The maximum atomic E-state index is 13.2. The van der Waals surface area contributed by atoms with Crippen molar-refractivity contribution < 1.29 is 9.18 Å². The summed E-state index contributed by atoms with van der Waals surface area (Å²) in [5.41, 5.74) is 0.673. The molecule has 0 spiro atoms. The van der Waals surface area contributed by atoms with Gasteiger partial charge in [0.25, 0.3) is 0 Å². The van der Waals surface area contributed by atoms with Crippen LogP contribution >= 0.6 is 12.2 Å². The monoisotopic (exact) mass is 346 g/mol. The SMILES string of the molecule is Cn1c(C2CCCN(C(=O)/C=C/c3cccc(F)c3)C2)n[nH]c1=S. The van der Waals surface area contributed by atoms with Crippen LogP contribution in [0.15, 0.2) is 30.3 Å². The van der Waals surface area contributed by atoms with E-state index in [1.54, 1.807) is 18.2 Å². The summed E-state index contributed by atoms with van der Waals surface area (Å²) in [4.78, 5) is 14.2. The number of hydrogen-bond acceptors (Lipinski definition) is 3. The second kappa shape index (κ2) is 7.09. The van der Waals surface area contributed by atoms with E-state index >= 15 is 0 Å². The molecule has 1 N–H and O–H groups in total. The molecule has 126 valence electrons. The Hall–Kier alpha value is -2.28. The van der Waals surface area contributed by atoms with Crippen LogP contribution in [-0.2, 0) is 11.8 Å². The minimum atomic E-state index is -0.312. The molecule has 1 aliphatic rings. The highest BCUT2D eigenvalue weighted by atomic mass is 32.1. The number of hydrogen-bond donors (Lipinski definition) is 1. The fraction of sp³-hybridized carbons (Fsp3) is 0.353. The van der Waals surface area contributed by atoms with Crippen LogP contribution < -0.4 is 0 Å². The number of nitrogens with one attached hydrogen (secondary N) is 1. The second-order valence-electron chi connectivity index (χ2n) is 5.96. The van der Waals surface area contributed by atoms with E-state index in [0.717, 1.165) is 25.2 Å². The molecule has 1 atom stereocenters. The van der Waals surface area contributed by atoms with Crippen LogP contribution in [0.4, 0.5) is 4.39 Å². The number of carbonyl (C=O) groups is 1. The Bertz CT molecular complexity index is 826. The highest BCUT2D eigenvalue weighted by Crippen LogP contribution is 2.25. The summed E-state index contributed by atoms with van der Waals surface area (Å²) in [6, 6.07) is 6.17. The van der Waals surface area contributed by atoms with E-state index < -0.39 is 0 Å². The van der Waals surface area contributed by atoms with Gasteiger partial charge in [-0.1, -0.05) is 12.1 Å². The molecule has 1 aromatic heterocycles. The number of halogens is 1. The number of rotatable bonds is 3. The maximum Gasteiger partial charge on any atom is 0.246 e. The van der Waals surface area contributed by atoms with Gasteiger partial charge in [-0.2, -0.15) is 5.10 Å². The summed E-state index contributed by atoms with van der Waals surface area (Å²) in [6.45, 7) is 1.33. The zero-order valence-corrected chi connectivity index (χ0v) is 14.2. The summed E-state index contributed by atoms with van der Waals surface area (Å²) >= 11 is 5.15. The number of piperidine rings is 1. The fourth-order valence-corrected chi connectivity index (χ4v) is 3.13. The first-order valence-corrected chi connectivity index (χ1v) is 8.29. The lowest BCUT2D eigenvalue weighted by Crippen LogP contribution is -2.38. The molecule has 1 aromatic carbocycles. The molecule has 2 heterocycles. The van der Waals surface area contributed by atoms with Crippen molar-refractivity contribution in [2.75, 3.05) is 13.1 Å². The van der Waals surface area contributed by atoms with E-state index in [1.807, 2.05) is 16.5 Å². The lowest BCUT2D eigenvalue weighted by Gasteiger charge is -2.31. The van der Waals surface area contributed by atoms with Gasteiger partial charge in [0, 0.05) is 32.1 Å². The number of carbonyl (C=O) groups excluding carboxylic acids is 1.